The van der Waals surface area contributed by atoms with Crippen LogP contribution in [-0.2, 0) is 18.9 Å². The summed E-state index contributed by atoms with van der Waals surface area (Å²) in [4.78, 5) is 2.62. The van der Waals surface area contributed by atoms with Crippen molar-refractivity contribution in [3.63, 3.8) is 0 Å². The first-order valence-corrected chi connectivity index (χ1v) is 5.56. The Bertz CT molecular complexity index is 391. The van der Waals surface area contributed by atoms with Crippen molar-refractivity contribution < 1.29 is 24.1 Å². The molecule has 18 heavy (non-hydrogen) atoms. The molecular formula is C10H15N3O5. The molecule has 0 aromatic carbocycles. The SMILES string of the molecule is CC1(C)OC2C(O)=CO[C@@H](OCCN=[N+]=[N-])C2O1. The van der Waals surface area contributed by atoms with Crippen molar-refractivity contribution in [2.24, 2.45) is 5.11 Å². The molecule has 1 fully saturated rings. The van der Waals surface area contributed by atoms with Crippen LogP contribution in [0.2, 0.25) is 0 Å². The van der Waals surface area contributed by atoms with Gasteiger partial charge in [-0.05, 0) is 19.4 Å². The number of aliphatic hydroxyl groups excluding tert-OH is 1. The molecule has 0 radical (unpaired) electrons. The predicted octanol–water partition coefficient (Wildman–Crippen LogP) is 1.59. The summed E-state index contributed by atoms with van der Waals surface area (Å²) in [6.07, 6.45) is -0.652. The normalized spacial score (nSPS) is 33.0. The number of hydrogen-bond acceptors (Lipinski definition) is 6. The fraction of sp³-hybridized carbons (Fsp3) is 0.800. The molecule has 2 rings (SSSR count). The van der Waals surface area contributed by atoms with E-state index in [1.165, 1.54) is 6.26 Å². The van der Waals surface area contributed by atoms with Gasteiger partial charge in [-0.3, -0.25) is 0 Å². The first-order chi connectivity index (χ1) is 8.53. The molecule has 0 spiro atoms. The van der Waals surface area contributed by atoms with Gasteiger partial charge in [-0.2, -0.15) is 0 Å². The van der Waals surface area contributed by atoms with Gasteiger partial charge in [0.05, 0.1) is 6.61 Å². The average molecular weight is 257 g/mol. The van der Waals surface area contributed by atoms with Crippen LogP contribution in [0.1, 0.15) is 13.8 Å². The monoisotopic (exact) mass is 257 g/mol. The van der Waals surface area contributed by atoms with Gasteiger partial charge in [0.15, 0.2) is 23.8 Å². The zero-order chi connectivity index (χ0) is 13.2. The molecule has 8 nitrogen and oxygen atoms in total. The van der Waals surface area contributed by atoms with Gasteiger partial charge in [-0.25, -0.2) is 0 Å². The Balaban J connectivity index is 1.98. The third-order valence-corrected chi connectivity index (χ3v) is 2.55. The van der Waals surface area contributed by atoms with Gasteiger partial charge >= 0.3 is 0 Å². The minimum Gasteiger partial charge on any atom is -0.506 e. The van der Waals surface area contributed by atoms with E-state index in [2.05, 4.69) is 10.0 Å². The van der Waals surface area contributed by atoms with Crippen LogP contribution in [0.25, 0.3) is 10.4 Å². The molecule has 0 amide bonds. The number of nitrogens with zero attached hydrogens (tertiary/aromatic N) is 3. The Hall–Kier alpha value is -1.47. The summed E-state index contributed by atoms with van der Waals surface area (Å²) in [5, 5.41) is 13.0. The number of aliphatic hydroxyl groups is 1. The second-order valence-corrected chi connectivity index (χ2v) is 4.39. The Morgan fingerprint density at radius 3 is 3.06 bits per heavy atom. The summed E-state index contributed by atoms with van der Waals surface area (Å²) < 4.78 is 21.8. The lowest BCUT2D eigenvalue weighted by atomic mass is 10.1. The Morgan fingerprint density at radius 1 is 1.56 bits per heavy atom. The fourth-order valence-electron chi connectivity index (χ4n) is 1.89. The second-order valence-electron chi connectivity index (χ2n) is 4.39. The molecule has 2 aliphatic heterocycles. The molecule has 3 atom stereocenters. The summed E-state index contributed by atoms with van der Waals surface area (Å²) in [6.45, 7) is 3.90. The lowest BCUT2D eigenvalue weighted by molar-refractivity contribution is -0.204. The fourth-order valence-corrected chi connectivity index (χ4v) is 1.89. The molecule has 0 bridgehead atoms. The third-order valence-electron chi connectivity index (χ3n) is 2.55. The summed E-state index contributed by atoms with van der Waals surface area (Å²) in [5.41, 5.74) is 8.14. The molecule has 0 saturated carbocycles. The molecule has 0 aromatic heterocycles. The first-order valence-electron chi connectivity index (χ1n) is 5.56. The van der Waals surface area contributed by atoms with E-state index in [1.54, 1.807) is 13.8 Å². The highest BCUT2D eigenvalue weighted by Crippen LogP contribution is 2.36. The van der Waals surface area contributed by atoms with Gasteiger partial charge in [0.25, 0.3) is 0 Å². The zero-order valence-corrected chi connectivity index (χ0v) is 10.1. The van der Waals surface area contributed by atoms with E-state index in [0.29, 0.717) is 0 Å². The average Bonchev–Trinajstić information content (AvgIpc) is 2.64. The first kappa shape index (κ1) is 13.0. The molecule has 0 aliphatic carbocycles. The van der Waals surface area contributed by atoms with Crippen LogP contribution in [0.5, 0.6) is 0 Å². The number of ether oxygens (including phenoxy) is 4. The Morgan fingerprint density at radius 2 is 2.33 bits per heavy atom. The van der Waals surface area contributed by atoms with Crippen molar-refractivity contribution in [1.82, 2.24) is 0 Å². The molecule has 1 saturated heterocycles. The topological polar surface area (TPSA) is 106 Å². The van der Waals surface area contributed by atoms with Crippen molar-refractivity contribution in [2.75, 3.05) is 13.2 Å². The van der Waals surface area contributed by atoms with Gasteiger partial charge in [0, 0.05) is 11.5 Å². The largest absolute Gasteiger partial charge is 0.506 e. The second kappa shape index (κ2) is 5.03. The van der Waals surface area contributed by atoms with Crippen LogP contribution in [0, 0.1) is 0 Å². The van der Waals surface area contributed by atoms with Gasteiger partial charge < -0.3 is 24.1 Å². The zero-order valence-electron chi connectivity index (χ0n) is 10.1. The van der Waals surface area contributed by atoms with Crippen LogP contribution < -0.4 is 0 Å². The minimum absolute atomic E-state index is 0.0273. The van der Waals surface area contributed by atoms with Gasteiger partial charge in [-0.1, -0.05) is 5.11 Å². The van der Waals surface area contributed by atoms with E-state index in [0.717, 1.165) is 0 Å². The van der Waals surface area contributed by atoms with E-state index >= 15 is 0 Å². The maximum Gasteiger partial charge on any atom is 0.228 e. The number of azide groups is 1. The van der Waals surface area contributed by atoms with Gasteiger partial charge in [0.2, 0.25) is 6.29 Å². The highest BCUT2D eigenvalue weighted by atomic mass is 16.8. The minimum atomic E-state index is -0.808. The van der Waals surface area contributed by atoms with Crippen molar-refractivity contribution in [3.8, 4) is 0 Å². The summed E-state index contributed by atoms with van der Waals surface area (Å²) in [6, 6.07) is 0. The number of fused-ring (bicyclic) bond motifs is 1. The molecular weight excluding hydrogens is 242 g/mol. The van der Waals surface area contributed by atoms with Crippen molar-refractivity contribution >= 4 is 0 Å². The summed E-state index contributed by atoms with van der Waals surface area (Å²) in [5.74, 6) is -0.836. The van der Waals surface area contributed by atoms with Crippen LogP contribution in [0.3, 0.4) is 0 Å². The summed E-state index contributed by atoms with van der Waals surface area (Å²) in [7, 11) is 0. The Labute approximate surface area is 104 Å². The predicted molar refractivity (Wildman–Crippen MR) is 59.4 cm³/mol. The number of hydrogen-bond donors (Lipinski definition) is 1. The van der Waals surface area contributed by atoms with Crippen molar-refractivity contribution in [1.29, 1.82) is 0 Å². The van der Waals surface area contributed by atoms with E-state index in [4.69, 9.17) is 24.5 Å². The maximum absolute atomic E-state index is 9.65. The van der Waals surface area contributed by atoms with E-state index in [9.17, 15) is 5.11 Å². The molecule has 100 valence electrons. The smallest absolute Gasteiger partial charge is 0.228 e. The third kappa shape index (κ3) is 2.68. The molecule has 1 N–H and O–H groups in total. The van der Waals surface area contributed by atoms with Crippen LogP contribution in [-0.4, -0.2) is 42.5 Å². The van der Waals surface area contributed by atoms with E-state index in [1.807, 2.05) is 0 Å². The Kier molecular flexibility index (Phi) is 3.63. The molecule has 8 heteroatoms. The number of rotatable bonds is 4. The van der Waals surface area contributed by atoms with Gasteiger partial charge in [0.1, 0.15) is 6.26 Å². The standard InChI is InChI=1S/C10H15N3O5/c1-10(2)17-7-6(14)5-16-9(8(7)18-10)15-4-3-12-13-11/h5,7-9,14H,3-4H2,1-2H3/t7?,8?,9-/m1/s1. The summed E-state index contributed by atoms with van der Waals surface area (Å²) >= 11 is 0. The molecule has 2 heterocycles. The molecule has 0 aromatic rings. The highest BCUT2D eigenvalue weighted by Gasteiger charge is 2.50. The molecule has 2 unspecified atom stereocenters. The lowest BCUT2D eigenvalue weighted by Gasteiger charge is -2.29. The van der Waals surface area contributed by atoms with Crippen LogP contribution in [0.15, 0.2) is 17.1 Å². The van der Waals surface area contributed by atoms with E-state index in [-0.39, 0.29) is 18.9 Å². The van der Waals surface area contributed by atoms with E-state index < -0.39 is 24.3 Å². The quantitative estimate of drug-likeness (QED) is 0.356. The van der Waals surface area contributed by atoms with Crippen molar-refractivity contribution in [3.05, 3.63) is 22.5 Å². The van der Waals surface area contributed by atoms with Gasteiger partial charge in [-0.15, -0.1) is 0 Å². The molecule has 2 aliphatic rings. The maximum atomic E-state index is 9.65. The van der Waals surface area contributed by atoms with Crippen LogP contribution >= 0.6 is 0 Å². The highest BCUT2D eigenvalue weighted by molar-refractivity contribution is 5.07. The van der Waals surface area contributed by atoms with Crippen molar-refractivity contribution in [2.45, 2.75) is 38.1 Å². The van der Waals surface area contributed by atoms with Crippen LogP contribution in [0.4, 0.5) is 0 Å². The lowest BCUT2D eigenvalue weighted by Crippen LogP contribution is -2.42.